The first-order chi connectivity index (χ1) is 16.2. The third kappa shape index (κ3) is 2.77. The van der Waals surface area contributed by atoms with Crippen molar-refractivity contribution in [1.29, 1.82) is 0 Å². The Morgan fingerprint density at radius 2 is 1.39 bits per heavy atom. The highest BCUT2D eigenvalue weighted by Gasteiger charge is 2.18. The number of benzene rings is 5. The lowest BCUT2D eigenvalue weighted by Gasteiger charge is -2.05. The number of fused-ring (bicyclic) bond motifs is 8. The van der Waals surface area contributed by atoms with Crippen LogP contribution in [0, 0.1) is 0 Å². The maximum atomic E-state index is 9.92. The molecule has 0 amide bonds. The maximum Gasteiger partial charge on any atom is 0.489 e. The topological polar surface area (TPSA) is 53.6 Å². The minimum atomic E-state index is -1.50. The minimum absolute atomic E-state index is 0.540. The molecule has 7 rings (SSSR count). The zero-order valence-corrected chi connectivity index (χ0v) is 18.3. The zero-order chi connectivity index (χ0) is 22.1. The molecule has 0 aliphatic rings. The third-order valence-electron chi connectivity index (χ3n) is 6.50. The molecule has 0 fully saturated rings. The van der Waals surface area contributed by atoms with Crippen LogP contribution in [-0.2, 0) is 0 Å². The molecule has 0 spiro atoms. The fraction of sp³-hybridized carbons (Fsp3) is 0. The SMILES string of the molecule is OB(O)c1cccc2sc3ccc(-c4ccc5oc6ccc7ccccc7c6c5c4)cc3c12. The van der Waals surface area contributed by atoms with E-state index in [0.717, 1.165) is 53.2 Å². The van der Waals surface area contributed by atoms with Crippen LogP contribution >= 0.6 is 11.3 Å². The Labute approximate surface area is 193 Å². The van der Waals surface area contributed by atoms with Crippen LogP contribution in [0.2, 0.25) is 0 Å². The number of hydrogen-bond donors (Lipinski definition) is 2. The van der Waals surface area contributed by atoms with Crippen LogP contribution in [0.4, 0.5) is 0 Å². The van der Waals surface area contributed by atoms with Gasteiger partial charge in [0.2, 0.25) is 0 Å². The molecule has 3 nitrogen and oxygen atoms in total. The summed E-state index contributed by atoms with van der Waals surface area (Å²) in [4.78, 5) is 0. The second kappa shape index (κ2) is 6.93. The highest BCUT2D eigenvalue weighted by molar-refractivity contribution is 7.26. The second-order valence-corrected chi connectivity index (χ2v) is 9.46. The van der Waals surface area contributed by atoms with Gasteiger partial charge in [-0.15, -0.1) is 11.3 Å². The van der Waals surface area contributed by atoms with Crippen molar-refractivity contribution in [2.24, 2.45) is 0 Å². The number of furan rings is 1. The van der Waals surface area contributed by atoms with Crippen LogP contribution in [0.25, 0.3) is 64.0 Å². The smallest absolute Gasteiger partial charge is 0.456 e. The van der Waals surface area contributed by atoms with Crippen molar-refractivity contribution in [2.75, 3.05) is 0 Å². The summed E-state index contributed by atoms with van der Waals surface area (Å²) < 4.78 is 8.33. The van der Waals surface area contributed by atoms with Gasteiger partial charge in [-0.25, -0.2) is 0 Å². The highest BCUT2D eigenvalue weighted by atomic mass is 32.1. The predicted molar refractivity (Wildman–Crippen MR) is 139 cm³/mol. The Morgan fingerprint density at radius 1 is 0.606 bits per heavy atom. The normalized spacial score (nSPS) is 11.9. The van der Waals surface area contributed by atoms with Crippen molar-refractivity contribution >= 4 is 76.8 Å². The van der Waals surface area contributed by atoms with Gasteiger partial charge < -0.3 is 14.5 Å². The molecule has 0 aliphatic heterocycles. The summed E-state index contributed by atoms with van der Waals surface area (Å²) in [6, 6.07) is 30.9. The molecule has 0 saturated heterocycles. The van der Waals surface area contributed by atoms with Crippen LogP contribution in [0.1, 0.15) is 0 Å². The molecule has 5 heteroatoms. The van der Waals surface area contributed by atoms with Gasteiger partial charge >= 0.3 is 7.12 Å². The van der Waals surface area contributed by atoms with E-state index in [0.29, 0.717) is 5.46 Å². The lowest BCUT2D eigenvalue weighted by molar-refractivity contribution is 0.426. The van der Waals surface area contributed by atoms with E-state index in [1.54, 1.807) is 17.4 Å². The van der Waals surface area contributed by atoms with Crippen LogP contribution in [0.5, 0.6) is 0 Å². The van der Waals surface area contributed by atoms with Gasteiger partial charge in [0.1, 0.15) is 11.2 Å². The number of rotatable bonds is 2. The van der Waals surface area contributed by atoms with Crippen LogP contribution < -0.4 is 5.46 Å². The minimum Gasteiger partial charge on any atom is -0.456 e. The third-order valence-corrected chi connectivity index (χ3v) is 7.63. The standard InChI is InChI=1S/C28H17BO3S/c30-29(31)22-6-3-7-26-28(22)21-15-18(10-13-25(21)33-26)17-9-11-23-20(14-17)27-19-5-2-1-4-16(19)8-12-24(27)32-23/h1-15,30-31H. The van der Waals surface area contributed by atoms with E-state index < -0.39 is 7.12 Å². The van der Waals surface area contributed by atoms with Gasteiger partial charge in [-0.2, -0.15) is 0 Å². The Bertz CT molecular complexity index is 1860. The van der Waals surface area contributed by atoms with Gasteiger partial charge in [0.25, 0.3) is 0 Å². The number of thiophene rings is 1. The van der Waals surface area contributed by atoms with Crippen molar-refractivity contribution < 1.29 is 14.5 Å². The molecule has 2 heterocycles. The Kier molecular flexibility index (Phi) is 3.97. The first-order valence-electron chi connectivity index (χ1n) is 10.8. The molecular formula is C28H17BO3S. The van der Waals surface area contributed by atoms with Crippen molar-refractivity contribution in [3.8, 4) is 11.1 Å². The quantitative estimate of drug-likeness (QED) is 0.301. The molecular weight excluding hydrogens is 427 g/mol. The lowest BCUT2D eigenvalue weighted by atomic mass is 9.77. The van der Waals surface area contributed by atoms with Gasteiger partial charge in [0, 0.05) is 30.9 Å². The largest absolute Gasteiger partial charge is 0.489 e. The summed E-state index contributed by atoms with van der Waals surface area (Å²) in [5.41, 5.74) is 4.49. The molecule has 156 valence electrons. The van der Waals surface area contributed by atoms with E-state index >= 15 is 0 Å². The van der Waals surface area contributed by atoms with Crippen LogP contribution in [0.3, 0.4) is 0 Å². The summed E-state index contributed by atoms with van der Waals surface area (Å²) in [5, 5.41) is 26.4. The van der Waals surface area contributed by atoms with E-state index in [-0.39, 0.29) is 0 Å². The molecule has 0 bridgehead atoms. The van der Waals surface area contributed by atoms with Gasteiger partial charge in [0.05, 0.1) is 0 Å². The second-order valence-electron chi connectivity index (χ2n) is 8.38. The van der Waals surface area contributed by atoms with Crippen molar-refractivity contribution in [3.05, 3.63) is 91.0 Å². The Hall–Kier alpha value is -3.64. The molecule has 2 N–H and O–H groups in total. The first kappa shape index (κ1) is 18.9. The molecule has 5 aromatic carbocycles. The van der Waals surface area contributed by atoms with Crippen LogP contribution in [0.15, 0.2) is 95.4 Å². The molecule has 0 saturated carbocycles. The maximum absolute atomic E-state index is 9.92. The van der Waals surface area contributed by atoms with Gasteiger partial charge in [0.15, 0.2) is 0 Å². The van der Waals surface area contributed by atoms with Gasteiger partial charge in [-0.05, 0) is 63.8 Å². The van der Waals surface area contributed by atoms with E-state index in [4.69, 9.17) is 4.42 Å². The van der Waals surface area contributed by atoms with Crippen molar-refractivity contribution in [1.82, 2.24) is 0 Å². The Morgan fingerprint density at radius 3 is 2.27 bits per heavy atom. The molecule has 2 aromatic heterocycles. The first-order valence-corrected chi connectivity index (χ1v) is 11.6. The van der Waals surface area contributed by atoms with E-state index in [9.17, 15) is 10.0 Å². The average Bonchev–Trinajstić information content (AvgIpc) is 3.41. The van der Waals surface area contributed by atoms with Crippen LogP contribution in [-0.4, -0.2) is 17.2 Å². The van der Waals surface area contributed by atoms with Gasteiger partial charge in [-0.1, -0.05) is 54.6 Å². The number of hydrogen-bond acceptors (Lipinski definition) is 4. The van der Waals surface area contributed by atoms with Crippen molar-refractivity contribution in [2.45, 2.75) is 0 Å². The molecule has 0 atom stereocenters. The summed E-state index contributed by atoms with van der Waals surface area (Å²) >= 11 is 1.67. The monoisotopic (exact) mass is 444 g/mol. The lowest BCUT2D eigenvalue weighted by Crippen LogP contribution is -2.30. The molecule has 33 heavy (non-hydrogen) atoms. The average molecular weight is 444 g/mol. The molecule has 7 aromatic rings. The predicted octanol–water partition coefficient (Wildman–Crippen LogP) is 6.45. The summed E-state index contributed by atoms with van der Waals surface area (Å²) in [6.07, 6.45) is 0. The fourth-order valence-electron chi connectivity index (χ4n) is 4.98. The summed E-state index contributed by atoms with van der Waals surface area (Å²) in [6.45, 7) is 0. The summed E-state index contributed by atoms with van der Waals surface area (Å²) in [7, 11) is -1.50. The Balaban J connectivity index is 1.50. The van der Waals surface area contributed by atoms with E-state index in [2.05, 4.69) is 60.7 Å². The van der Waals surface area contributed by atoms with E-state index in [1.165, 1.54) is 10.8 Å². The fourth-order valence-corrected chi connectivity index (χ4v) is 6.10. The molecule has 0 unspecified atom stereocenters. The molecule has 0 radical (unpaired) electrons. The van der Waals surface area contributed by atoms with Crippen molar-refractivity contribution in [3.63, 3.8) is 0 Å². The van der Waals surface area contributed by atoms with E-state index in [1.807, 2.05) is 24.3 Å². The van der Waals surface area contributed by atoms with Gasteiger partial charge in [-0.3, -0.25) is 0 Å². The molecule has 0 aliphatic carbocycles. The highest BCUT2D eigenvalue weighted by Crippen LogP contribution is 2.39. The summed E-state index contributed by atoms with van der Waals surface area (Å²) in [5.74, 6) is 0. The zero-order valence-electron chi connectivity index (χ0n) is 17.4.